The summed E-state index contributed by atoms with van der Waals surface area (Å²) in [6.45, 7) is 18.0. The molecule has 0 saturated carbocycles. The highest BCUT2D eigenvalue weighted by Gasteiger charge is 2.26. The van der Waals surface area contributed by atoms with Gasteiger partial charge in [-0.2, -0.15) is 0 Å². The van der Waals surface area contributed by atoms with Gasteiger partial charge in [0.05, 0.1) is 0 Å². The monoisotopic (exact) mass is 292 g/mol. The van der Waals surface area contributed by atoms with Gasteiger partial charge < -0.3 is 0 Å². The Kier molecular flexibility index (Phi) is 12.7. The van der Waals surface area contributed by atoms with E-state index < -0.39 is 0 Å². The highest BCUT2D eigenvalue weighted by molar-refractivity contribution is 5.37. The zero-order chi connectivity index (χ0) is 15.7. The first kappa shape index (κ1) is 22.5. The van der Waals surface area contributed by atoms with Crippen LogP contribution in [0, 0.1) is 25.7 Å². The fourth-order valence-corrected chi connectivity index (χ4v) is 3.52. The van der Waals surface area contributed by atoms with Gasteiger partial charge in [-0.1, -0.05) is 80.0 Å². The first-order chi connectivity index (χ1) is 9.56. The summed E-state index contributed by atoms with van der Waals surface area (Å²) in [6.07, 6.45) is 3.84. The first-order valence-electron chi connectivity index (χ1n) is 8.62. The maximum absolute atomic E-state index is 2.42. The summed E-state index contributed by atoms with van der Waals surface area (Å²) in [5.41, 5.74) is 4.57. The van der Waals surface area contributed by atoms with Gasteiger partial charge in [0, 0.05) is 0 Å². The molecule has 0 bridgehead atoms. The van der Waals surface area contributed by atoms with Crippen molar-refractivity contribution < 1.29 is 0 Å². The normalized spacial score (nSPS) is 14.3. The summed E-state index contributed by atoms with van der Waals surface area (Å²) in [4.78, 5) is 0. The van der Waals surface area contributed by atoms with Crippen LogP contribution in [0.5, 0.6) is 0 Å². The third-order valence-electron chi connectivity index (χ3n) is 4.72. The van der Waals surface area contributed by atoms with E-state index in [4.69, 9.17) is 0 Å². The Morgan fingerprint density at radius 3 is 1.67 bits per heavy atom. The van der Waals surface area contributed by atoms with E-state index in [2.05, 4.69) is 59.7 Å². The second-order valence-electron chi connectivity index (χ2n) is 5.78. The third-order valence-corrected chi connectivity index (χ3v) is 4.72. The molecular formula is C21H40. The number of aryl methyl sites for hydroxylation is 2. The summed E-state index contributed by atoms with van der Waals surface area (Å²) in [7, 11) is 0. The molecule has 0 aliphatic carbocycles. The molecule has 0 fully saturated rings. The lowest BCUT2D eigenvalue weighted by Crippen LogP contribution is -2.20. The summed E-state index contributed by atoms with van der Waals surface area (Å²) < 4.78 is 0. The van der Waals surface area contributed by atoms with Crippen LogP contribution in [0.2, 0.25) is 0 Å². The zero-order valence-electron chi connectivity index (χ0n) is 15.1. The van der Waals surface area contributed by atoms with E-state index in [0.29, 0.717) is 0 Å². The van der Waals surface area contributed by atoms with Crippen LogP contribution in [0.3, 0.4) is 0 Å². The molecule has 0 saturated heterocycles. The smallest absolute Gasteiger partial charge is 0.0129 e. The van der Waals surface area contributed by atoms with Crippen LogP contribution >= 0.6 is 0 Å². The van der Waals surface area contributed by atoms with E-state index in [1.165, 1.54) is 30.4 Å². The van der Waals surface area contributed by atoms with E-state index in [9.17, 15) is 0 Å². The fourth-order valence-electron chi connectivity index (χ4n) is 3.52. The first-order valence-corrected chi connectivity index (χ1v) is 8.62. The lowest BCUT2D eigenvalue weighted by atomic mass is 9.73. The molecule has 0 heterocycles. The maximum Gasteiger partial charge on any atom is -0.0129 e. The molecule has 0 aliphatic heterocycles. The van der Waals surface area contributed by atoms with Crippen LogP contribution < -0.4 is 0 Å². The van der Waals surface area contributed by atoms with E-state index in [-0.39, 0.29) is 7.43 Å². The van der Waals surface area contributed by atoms with Crippen molar-refractivity contribution >= 4 is 0 Å². The van der Waals surface area contributed by atoms with Crippen molar-refractivity contribution in [3.05, 3.63) is 34.9 Å². The van der Waals surface area contributed by atoms with Crippen LogP contribution in [-0.2, 0) is 0 Å². The van der Waals surface area contributed by atoms with Gasteiger partial charge in [0.2, 0.25) is 0 Å². The summed E-state index contributed by atoms with van der Waals surface area (Å²) >= 11 is 0. The van der Waals surface area contributed by atoms with E-state index >= 15 is 0 Å². The Morgan fingerprint density at radius 2 is 1.33 bits per heavy atom. The highest BCUT2D eigenvalue weighted by Crippen LogP contribution is 2.39. The van der Waals surface area contributed by atoms with Crippen molar-refractivity contribution in [2.75, 3.05) is 0 Å². The molecule has 21 heavy (non-hydrogen) atoms. The quantitative estimate of drug-likeness (QED) is 0.508. The highest BCUT2D eigenvalue weighted by atomic mass is 14.3. The molecule has 1 rings (SSSR count). The lowest BCUT2D eigenvalue weighted by Gasteiger charge is -2.32. The van der Waals surface area contributed by atoms with E-state index in [0.717, 1.165) is 17.8 Å². The predicted molar refractivity (Wildman–Crippen MR) is 100 cm³/mol. The van der Waals surface area contributed by atoms with Crippen molar-refractivity contribution in [2.24, 2.45) is 11.8 Å². The van der Waals surface area contributed by atoms with Gasteiger partial charge in [-0.25, -0.2) is 0 Å². The molecule has 0 aromatic heterocycles. The van der Waals surface area contributed by atoms with Gasteiger partial charge in [0.15, 0.2) is 0 Å². The number of hydrogen-bond donors (Lipinski definition) is 0. The zero-order valence-corrected chi connectivity index (χ0v) is 15.1. The molecule has 0 nitrogen and oxygen atoms in total. The molecule has 0 heteroatoms. The van der Waals surface area contributed by atoms with Crippen LogP contribution in [0.4, 0.5) is 0 Å². The molecule has 0 N–H and O–H groups in total. The van der Waals surface area contributed by atoms with Crippen molar-refractivity contribution in [1.82, 2.24) is 0 Å². The van der Waals surface area contributed by atoms with Gasteiger partial charge in [0.1, 0.15) is 0 Å². The van der Waals surface area contributed by atoms with Gasteiger partial charge in [-0.15, -0.1) is 0 Å². The van der Waals surface area contributed by atoms with Gasteiger partial charge in [-0.3, -0.25) is 0 Å². The average molecular weight is 293 g/mol. The molecule has 124 valence electrons. The molecular weight excluding hydrogens is 252 g/mol. The summed E-state index contributed by atoms with van der Waals surface area (Å²) in [5.74, 6) is 2.37. The molecule has 0 radical (unpaired) electrons. The van der Waals surface area contributed by atoms with Crippen LogP contribution in [0.25, 0.3) is 0 Å². The second-order valence-corrected chi connectivity index (χ2v) is 5.78. The predicted octanol–water partition coefficient (Wildman–Crippen LogP) is 7.53. The average Bonchev–Trinajstić information content (AvgIpc) is 2.47. The van der Waals surface area contributed by atoms with Crippen molar-refractivity contribution in [3.63, 3.8) is 0 Å². The molecule has 1 aromatic rings. The topological polar surface area (TPSA) is 0 Å². The minimum absolute atomic E-state index is 0. The SMILES string of the molecule is C.CC.CCC(C)C(CC)C(CC)c1c(C)cccc1C. The fraction of sp³-hybridized carbons (Fsp3) is 0.714. The van der Waals surface area contributed by atoms with Crippen molar-refractivity contribution in [3.8, 4) is 0 Å². The largest absolute Gasteiger partial charge is 0.0776 e. The van der Waals surface area contributed by atoms with E-state index in [1.807, 2.05) is 13.8 Å². The number of hydrogen-bond acceptors (Lipinski definition) is 0. The standard InChI is InChI=1S/C18H30.C2H6.CH4/c1-7-13(4)16(8-2)17(9-3)18-14(5)11-10-12-15(18)6;1-2;/h10-13,16-17H,7-9H2,1-6H3;1-2H3;1H4. The van der Waals surface area contributed by atoms with E-state index in [1.54, 1.807) is 5.56 Å². The second kappa shape index (κ2) is 11.8. The minimum Gasteiger partial charge on any atom is -0.0776 e. The summed E-state index contributed by atoms with van der Waals surface area (Å²) in [6, 6.07) is 6.73. The third kappa shape index (κ3) is 5.85. The van der Waals surface area contributed by atoms with Gasteiger partial charge >= 0.3 is 0 Å². The Morgan fingerprint density at radius 1 is 0.857 bits per heavy atom. The Balaban J connectivity index is 0. The molecule has 3 unspecified atom stereocenters. The minimum atomic E-state index is 0. The maximum atomic E-state index is 2.42. The Bertz CT molecular complexity index is 344. The molecule has 3 atom stereocenters. The van der Waals surface area contributed by atoms with Crippen molar-refractivity contribution in [1.29, 1.82) is 0 Å². The Hall–Kier alpha value is -0.780. The summed E-state index contributed by atoms with van der Waals surface area (Å²) in [5, 5.41) is 0. The molecule has 0 amide bonds. The van der Waals surface area contributed by atoms with Crippen LogP contribution in [-0.4, -0.2) is 0 Å². The molecule has 0 aliphatic rings. The lowest BCUT2D eigenvalue weighted by molar-refractivity contribution is 0.275. The van der Waals surface area contributed by atoms with Crippen LogP contribution in [0.15, 0.2) is 18.2 Å². The van der Waals surface area contributed by atoms with Gasteiger partial charge in [0.25, 0.3) is 0 Å². The number of benzene rings is 1. The van der Waals surface area contributed by atoms with Crippen molar-refractivity contribution in [2.45, 2.75) is 88.0 Å². The van der Waals surface area contributed by atoms with Gasteiger partial charge in [-0.05, 0) is 54.7 Å². The molecule has 0 spiro atoms. The van der Waals surface area contributed by atoms with Crippen LogP contribution in [0.1, 0.15) is 90.8 Å². The molecule has 1 aromatic carbocycles. The Labute approximate surface area is 135 Å². The number of rotatable bonds is 6.